The molecule has 0 fully saturated rings. The second-order valence-corrected chi connectivity index (χ2v) is 3.19. The number of hydrogen-bond acceptors (Lipinski definition) is 5. The van der Waals surface area contributed by atoms with Gasteiger partial charge in [0.1, 0.15) is 0 Å². The first kappa shape index (κ1) is 12.6. The van der Waals surface area contributed by atoms with E-state index in [0.29, 0.717) is 12.8 Å². The number of nitrogens with zero attached hydrogens (tertiary/aromatic N) is 1. The predicted octanol–water partition coefficient (Wildman–Crippen LogP) is 1.33. The summed E-state index contributed by atoms with van der Waals surface area (Å²) in [6.07, 6.45) is 1.28. The summed E-state index contributed by atoms with van der Waals surface area (Å²) in [4.78, 5) is 14.9. The Morgan fingerprint density at radius 1 is 1.25 bits per heavy atom. The van der Waals surface area contributed by atoms with Gasteiger partial charge < -0.3 is 5.11 Å². The van der Waals surface area contributed by atoms with Gasteiger partial charge in [-0.15, -0.1) is 0 Å². The number of aryl methyl sites for hydroxylation is 1. The molecule has 1 aromatic rings. The predicted molar refractivity (Wildman–Crippen MR) is 53.1 cm³/mol. The molecule has 3 N–H and O–H groups in total. The van der Waals surface area contributed by atoms with Crippen molar-refractivity contribution in [3.63, 3.8) is 0 Å². The van der Waals surface area contributed by atoms with Crippen molar-refractivity contribution in [3.8, 4) is 0 Å². The highest BCUT2D eigenvalue weighted by molar-refractivity contribution is 5.87. The van der Waals surface area contributed by atoms with Crippen LogP contribution in [0.4, 0.5) is 0 Å². The van der Waals surface area contributed by atoms with Crippen molar-refractivity contribution in [1.29, 1.82) is 0 Å². The van der Waals surface area contributed by atoms with Crippen LogP contribution in [0, 0.1) is 0 Å². The number of carboxylic acids is 1. The Morgan fingerprint density at radius 2 is 1.88 bits per heavy atom. The van der Waals surface area contributed by atoms with Crippen molar-refractivity contribution < 1.29 is 25.2 Å². The van der Waals surface area contributed by atoms with Crippen LogP contribution >= 0.6 is 0 Å². The lowest BCUT2D eigenvalue weighted by molar-refractivity contribution is -0.492. The Kier molecular flexibility index (Phi) is 4.87. The van der Waals surface area contributed by atoms with Crippen LogP contribution in [-0.4, -0.2) is 33.5 Å². The molecule has 0 aliphatic heterocycles. The molecule has 0 heterocycles. The molecule has 0 amide bonds. The summed E-state index contributed by atoms with van der Waals surface area (Å²) in [6, 6.07) is 6.50. The Hall–Kier alpha value is -1.47. The third-order valence-electron chi connectivity index (χ3n) is 2.02. The number of rotatable bonds is 6. The number of aromatic carboxylic acids is 1. The molecule has 0 saturated carbocycles. The van der Waals surface area contributed by atoms with Gasteiger partial charge in [0.15, 0.2) is 0 Å². The molecule has 1 rings (SSSR count). The van der Waals surface area contributed by atoms with Crippen molar-refractivity contribution in [2.45, 2.75) is 12.8 Å². The summed E-state index contributed by atoms with van der Waals surface area (Å²) in [5.41, 5.74) is 1.22. The van der Waals surface area contributed by atoms with Crippen molar-refractivity contribution in [1.82, 2.24) is 5.39 Å². The van der Waals surface area contributed by atoms with Crippen LogP contribution in [0.1, 0.15) is 22.3 Å². The molecule has 0 bridgehead atoms. The topological polar surface area (TPSA) is 90.2 Å². The van der Waals surface area contributed by atoms with E-state index < -0.39 is 5.97 Å². The maximum Gasteiger partial charge on any atom is 0.335 e. The third-order valence-corrected chi connectivity index (χ3v) is 2.02. The van der Waals surface area contributed by atoms with E-state index in [2.05, 4.69) is 4.84 Å². The van der Waals surface area contributed by atoms with Gasteiger partial charge in [-0.2, -0.15) is 0 Å². The summed E-state index contributed by atoms with van der Waals surface area (Å²) >= 11 is 0. The van der Waals surface area contributed by atoms with Gasteiger partial charge in [-0.25, -0.2) is 4.79 Å². The van der Waals surface area contributed by atoms with E-state index >= 15 is 0 Å². The SMILES string of the molecule is O=C(O)c1ccc(CCCON(O)O)cc1. The Morgan fingerprint density at radius 3 is 2.38 bits per heavy atom. The molecule has 16 heavy (non-hydrogen) atoms. The highest BCUT2D eigenvalue weighted by Crippen LogP contribution is 2.06. The number of carbonyl (C=O) groups is 1. The van der Waals surface area contributed by atoms with E-state index in [4.69, 9.17) is 15.5 Å². The van der Waals surface area contributed by atoms with Crippen LogP contribution < -0.4 is 0 Å². The summed E-state index contributed by atoms with van der Waals surface area (Å²) in [5.74, 6) is -0.953. The minimum atomic E-state index is -0.953. The second kappa shape index (κ2) is 6.19. The molecular formula is C10H13NO5. The smallest absolute Gasteiger partial charge is 0.335 e. The van der Waals surface area contributed by atoms with E-state index in [-0.39, 0.29) is 17.6 Å². The minimum absolute atomic E-state index is 0.174. The van der Waals surface area contributed by atoms with Crippen LogP contribution in [0.25, 0.3) is 0 Å². The van der Waals surface area contributed by atoms with Crippen molar-refractivity contribution in [2.24, 2.45) is 0 Å². The first-order chi connectivity index (χ1) is 7.59. The number of benzene rings is 1. The molecule has 0 saturated heterocycles. The maximum absolute atomic E-state index is 10.6. The fourth-order valence-corrected chi connectivity index (χ4v) is 1.24. The molecule has 0 atom stereocenters. The van der Waals surface area contributed by atoms with Gasteiger partial charge in [-0.1, -0.05) is 12.1 Å². The average molecular weight is 227 g/mol. The van der Waals surface area contributed by atoms with Crippen molar-refractivity contribution in [2.75, 3.05) is 6.61 Å². The second-order valence-electron chi connectivity index (χ2n) is 3.19. The minimum Gasteiger partial charge on any atom is -0.478 e. The largest absolute Gasteiger partial charge is 0.478 e. The summed E-state index contributed by atoms with van der Waals surface area (Å²) in [6.45, 7) is 0.174. The average Bonchev–Trinajstić information content (AvgIpc) is 2.25. The van der Waals surface area contributed by atoms with Gasteiger partial charge in [0.25, 0.3) is 0 Å². The van der Waals surface area contributed by atoms with Gasteiger partial charge in [0.2, 0.25) is 0 Å². The van der Waals surface area contributed by atoms with Crippen molar-refractivity contribution >= 4 is 5.97 Å². The summed E-state index contributed by atoms with van der Waals surface area (Å²) < 4.78 is 0. The highest BCUT2D eigenvalue weighted by atomic mass is 17.1. The quantitative estimate of drug-likeness (QED) is 0.501. The first-order valence-electron chi connectivity index (χ1n) is 4.72. The Labute approximate surface area is 92.2 Å². The lowest BCUT2D eigenvalue weighted by Crippen LogP contribution is -2.15. The molecule has 1 aromatic carbocycles. The van der Waals surface area contributed by atoms with Crippen LogP contribution in [0.3, 0.4) is 0 Å². The van der Waals surface area contributed by atoms with Gasteiger partial charge in [-0.3, -0.25) is 15.3 Å². The molecular weight excluding hydrogens is 214 g/mol. The van der Waals surface area contributed by atoms with Crippen LogP contribution in [0.15, 0.2) is 24.3 Å². The fraction of sp³-hybridized carbons (Fsp3) is 0.300. The Balaban J connectivity index is 2.35. The summed E-state index contributed by atoms with van der Waals surface area (Å²) in [5, 5.41) is 24.8. The van der Waals surface area contributed by atoms with Gasteiger partial charge in [0.05, 0.1) is 17.6 Å². The molecule has 6 heteroatoms. The zero-order valence-electron chi connectivity index (χ0n) is 8.54. The highest BCUT2D eigenvalue weighted by Gasteiger charge is 2.01. The standard InChI is InChI=1S/C10H13NO5/c12-10(13)9-5-3-8(4-6-9)2-1-7-16-11(14)15/h3-6,14-15H,1-2,7H2,(H,12,13). The normalized spacial score (nSPS) is 10.7. The van der Waals surface area contributed by atoms with E-state index in [1.807, 2.05) is 0 Å². The number of carboxylic acid groups (broad SMARTS) is 1. The molecule has 0 unspecified atom stereocenters. The lowest BCUT2D eigenvalue weighted by Gasteiger charge is -2.06. The fourth-order valence-electron chi connectivity index (χ4n) is 1.24. The third kappa shape index (κ3) is 4.37. The Bertz CT molecular complexity index is 336. The monoisotopic (exact) mass is 227 g/mol. The molecule has 0 spiro atoms. The zero-order valence-corrected chi connectivity index (χ0v) is 8.54. The molecule has 88 valence electrons. The molecule has 0 aromatic heterocycles. The first-order valence-corrected chi connectivity index (χ1v) is 4.72. The van der Waals surface area contributed by atoms with Crippen molar-refractivity contribution in [3.05, 3.63) is 35.4 Å². The van der Waals surface area contributed by atoms with Crippen LogP contribution in [0.2, 0.25) is 0 Å². The van der Waals surface area contributed by atoms with Gasteiger partial charge >= 0.3 is 5.97 Å². The molecule has 0 aliphatic carbocycles. The molecule has 0 radical (unpaired) electrons. The molecule has 0 aliphatic rings. The summed E-state index contributed by atoms with van der Waals surface area (Å²) in [7, 11) is 0. The van der Waals surface area contributed by atoms with Crippen LogP contribution in [0.5, 0.6) is 0 Å². The maximum atomic E-state index is 10.6. The van der Waals surface area contributed by atoms with Gasteiger partial charge in [-0.05, 0) is 30.5 Å². The lowest BCUT2D eigenvalue weighted by atomic mass is 10.1. The number of hydrogen-bond donors (Lipinski definition) is 3. The van der Waals surface area contributed by atoms with Gasteiger partial charge in [0, 0.05) is 0 Å². The van der Waals surface area contributed by atoms with E-state index in [0.717, 1.165) is 5.56 Å². The van der Waals surface area contributed by atoms with Crippen LogP contribution in [-0.2, 0) is 11.3 Å². The molecule has 6 nitrogen and oxygen atoms in total. The zero-order chi connectivity index (χ0) is 12.0. The van der Waals surface area contributed by atoms with E-state index in [9.17, 15) is 4.79 Å². The van der Waals surface area contributed by atoms with E-state index in [1.54, 1.807) is 12.1 Å². The van der Waals surface area contributed by atoms with E-state index in [1.165, 1.54) is 12.1 Å².